The highest BCUT2D eigenvalue weighted by molar-refractivity contribution is 5.99. The van der Waals surface area contributed by atoms with Crippen molar-refractivity contribution < 1.29 is 19.4 Å². The molecule has 7 heteroatoms. The smallest absolute Gasteiger partial charge is 0.347 e. The molecule has 0 bridgehead atoms. The van der Waals surface area contributed by atoms with E-state index in [1.807, 2.05) is 0 Å². The van der Waals surface area contributed by atoms with Gasteiger partial charge in [-0.15, -0.1) is 0 Å². The number of ether oxygens (including phenoxy) is 2. The number of aryl methyl sites for hydroxylation is 1. The largest absolute Gasteiger partial charge is 0.506 e. The zero-order valence-corrected chi connectivity index (χ0v) is 11.3. The molecular weight excluding hydrogens is 264 g/mol. The number of hydrogen-bond donors (Lipinski definition) is 1. The lowest BCUT2D eigenvalue weighted by Crippen LogP contribution is -2.26. The molecule has 1 N–H and O–H groups in total. The van der Waals surface area contributed by atoms with Crippen molar-refractivity contribution in [2.75, 3.05) is 13.7 Å². The maximum absolute atomic E-state index is 12.1. The van der Waals surface area contributed by atoms with E-state index in [2.05, 4.69) is 4.98 Å². The SMILES string of the molecule is CCOC(=O)c1c(O)c2cc(OC)ncc2n(C)c1=O. The third-order valence-electron chi connectivity index (χ3n) is 2.92. The van der Waals surface area contributed by atoms with Crippen LogP contribution in [0.5, 0.6) is 11.6 Å². The first-order valence-corrected chi connectivity index (χ1v) is 5.94. The van der Waals surface area contributed by atoms with Crippen LogP contribution in [-0.2, 0) is 11.8 Å². The number of aromatic nitrogens is 2. The van der Waals surface area contributed by atoms with Gasteiger partial charge in [0.1, 0.15) is 5.75 Å². The number of aromatic hydroxyl groups is 1. The topological polar surface area (TPSA) is 90.7 Å². The van der Waals surface area contributed by atoms with Gasteiger partial charge in [-0.05, 0) is 6.92 Å². The molecule has 20 heavy (non-hydrogen) atoms. The van der Waals surface area contributed by atoms with Crippen LogP contribution in [0.4, 0.5) is 0 Å². The lowest BCUT2D eigenvalue weighted by molar-refractivity contribution is 0.0520. The van der Waals surface area contributed by atoms with Crippen LogP contribution in [0.15, 0.2) is 17.1 Å². The summed E-state index contributed by atoms with van der Waals surface area (Å²) in [7, 11) is 2.92. The molecule has 0 spiro atoms. The first-order chi connectivity index (χ1) is 9.51. The van der Waals surface area contributed by atoms with Crippen LogP contribution in [0.1, 0.15) is 17.3 Å². The van der Waals surface area contributed by atoms with Crippen molar-refractivity contribution in [1.82, 2.24) is 9.55 Å². The first kappa shape index (κ1) is 13.9. The van der Waals surface area contributed by atoms with Crippen molar-refractivity contribution in [1.29, 1.82) is 0 Å². The van der Waals surface area contributed by atoms with Crippen LogP contribution in [0.3, 0.4) is 0 Å². The summed E-state index contributed by atoms with van der Waals surface area (Å²) in [4.78, 5) is 27.9. The van der Waals surface area contributed by atoms with Crippen molar-refractivity contribution in [2.45, 2.75) is 6.92 Å². The van der Waals surface area contributed by atoms with E-state index in [1.165, 1.54) is 31.0 Å². The van der Waals surface area contributed by atoms with Gasteiger partial charge < -0.3 is 19.1 Å². The number of pyridine rings is 2. The van der Waals surface area contributed by atoms with E-state index in [-0.39, 0.29) is 12.5 Å². The highest BCUT2D eigenvalue weighted by Crippen LogP contribution is 2.28. The maximum Gasteiger partial charge on any atom is 0.347 e. The molecule has 0 radical (unpaired) electrons. The van der Waals surface area contributed by atoms with Gasteiger partial charge in [-0.2, -0.15) is 0 Å². The molecule has 0 unspecified atom stereocenters. The molecule has 2 rings (SSSR count). The van der Waals surface area contributed by atoms with Crippen molar-refractivity contribution in [3.05, 3.63) is 28.2 Å². The molecule has 7 nitrogen and oxygen atoms in total. The number of rotatable bonds is 3. The molecule has 0 aliphatic rings. The molecule has 0 aliphatic heterocycles. The van der Waals surface area contributed by atoms with E-state index >= 15 is 0 Å². The predicted molar refractivity (Wildman–Crippen MR) is 71.2 cm³/mol. The summed E-state index contributed by atoms with van der Waals surface area (Å²) in [6.45, 7) is 1.73. The van der Waals surface area contributed by atoms with Crippen LogP contribution < -0.4 is 10.3 Å². The van der Waals surface area contributed by atoms with E-state index < -0.39 is 22.8 Å². The minimum atomic E-state index is -0.858. The van der Waals surface area contributed by atoms with E-state index in [0.717, 1.165) is 0 Å². The Kier molecular flexibility index (Phi) is 3.60. The van der Waals surface area contributed by atoms with Crippen LogP contribution in [-0.4, -0.2) is 34.3 Å². The number of carbonyl (C=O) groups excluding carboxylic acids is 1. The normalized spacial score (nSPS) is 10.6. The maximum atomic E-state index is 12.1. The minimum absolute atomic E-state index is 0.110. The third-order valence-corrected chi connectivity index (χ3v) is 2.92. The van der Waals surface area contributed by atoms with Gasteiger partial charge in [0.25, 0.3) is 5.56 Å². The number of nitrogens with zero attached hydrogens (tertiary/aromatic N) is 2. The molecule has 0 fully saturated rings. The Morgan fingerprint density at radius 1 is 1.50 bits per heavy atom. The molecule has 0 saturated carbocycles. The monoisotopic (exact) mass is 278 g/mol. The fourth-order valence-corrected chi connectivity index (χ4v) is 1.90. The van der Waals surface area contributed by atoms with Crippen LogP contribution in [0.25, 0.3) is 10.9 Å². The zero-order valence-electron chi connectivity index (χ0n) is 11.3. The Morgan fingerprint density at radius 3 is 2.80 bits per heavy atom. The fraction of sp³-hybridized carbons (Fsp3) is 0.308. The summed E-state index contributed by atoms with van der Waals surface area (Å²) in [6.07, 6.45) is 1.39. The summed E-state index contributed by atoms with van der Waals surface area (Å²) in [5.41, 5.74) is -0.642. The predicted octanol–water partition coefficient (Wildman–Crippen LogP) is 0.824. The van der Waals surface area contributed by atoms with Crippen LogP contribution in [0, 0.1) is 0 Å². The number of hydrogen-bond acceptors (Lipinski definition) is 6. The van der Waals surface area contributed by atoms with Gasteiger partial charge >= 0.3 is 5.97 Å². The second-order valence-electron chi connectivity index (χ2n) is 4.05. The average Bonchev–Trinajstić information content (AvgIpc) is 2.45. The Hall–Kier alpha value is -2.57. The highest BCUT2D eigenvalue weighted by Gasteiger charge is 2.22. The zero-order chi connectivity index (χ0) is 14.9. The Balaban J connectivity index is 2.83. The molecule has 0 aliphatic carbocycles. The number of carbonyl (C=O) groups is 1. The van der Waals surface area contributed by atoms with Crippen LogP contribution >= 0.6 is 0 Å². The third kappa shape index (κ3) is 2.07. The fourth-order valence-electron chi connectivity index (χ4n) is 1.90. The van der Waals surface area contributed by atoms with E-state index in [4.69, 9.17) is 9.47 Å². The number of esters is 1. The van der Waals surface area contributed by atoms with Gasteiger partial charge in [-0.1, -0.05) is 0 Å². The second-order valence-corrected chi connectivity index (χ2v) is 4.05. The molecular formula is C13H14N2O5. The Morgan fingerprint density at radius 2 is 2.20 bits per heavy atom. The Bertz CT molecular complexity index is 736. The van der Waals surface area contributed by atoms with Crippen molar-refractivity contribution in [3.63, 3.8) is 0 Å². The lowest BCUT2D eigenvalue weighted by Gasteiger charge is -2.11. The van der Waals surface area contributed by atoms with Gasteiger partial charge in [0, 0.05) is 18.5 Å². The van der Waals surface area contributed by atoms with Crippen molar-refractivity contribution in [3.8, 4) is 11.6 Å². The summed E-state index contributed by atoms with van der Waals surface area (Å²) >= 11 is 0. The summed E-state index contributed by atoms with van der Waals surface area (Å²) < 4.78 is 11.0. The molecule has 0 amide bonds. The highest BCUT2D eigenvalue weighted by atomic mass is 16.5. The van der Waals surface area contributed by atoms with Crippen molar-refractivity contribution >= 4 is 16.9 Å². The lowest BCUT2D eigenvalue weighted by atomic mass is 10.1. The minimum Gasteiger partial charge on any atom is -0.506 e. The van der Waals surface area contributed by atoms with Crippen molar-refractivity contribution in [2.24, 2.45) is 7.05 Å². The molecule has 2 aromatic rings. The quantitative estimate of drug-likeness (QED) is 0.836. The standard InChI is InChI=1S/C13H14N2O5/c1-4-20-13(18)10-11(16)7-5-9(19-3)14-6-8(7)15(2)12(10)17/h5-6,16H,4H2,1-3H3. The van der Waals surface area contributed by atoms with E-state index in [0.29, 0.717) is 10.9 Å². The molecule has 0 aromatic carbocycles. The summed E-state index contributed by atoms with van der Waals surface area (Å²) in [6, 6.07) is 1.45. The second kappa shape index (κ2) is 5.20. The van der Waals surface area contributed by atoms with Gasteiger partial charge in [0.15, 0.2) is 5.56 Å². The van der Waals surface area contributed by atoms with Gasteiger partial charge in [-0.25, -0.2) is 9.78 Å². The summed E-state index contributed by atoms with van der Waals surface area (Å²) in [5, 5.41) is 10.5. The van der Waals surface area contributed by atoms with Gasteiger partial charge in [0.05, 0.1) is 25.4 Å². The van der Waals surface area contributed by atoms with E-state index in [1.54, 1.807) is 6.92 Å². The van der Waals surface area contributed by atoms with E-state index in [9.17, 15) is 14.7 Å². The average molecular weight is 278 g/mol. The summed E-state index contributed by atoms with van der Waals surface area (Å²) in [5.74, 6) is -1.02. The molecule has 2 aromatic heterocycles. The van der Waals surface area contributed by atoms with Gasteiger partial charge in [0.2, 0.25) is 5.88 Å². The van der Waals surface area contributed by atoms with Gasteiger partial charge in [-0.3, -0.25) is 4.79 Å². The molecule has 2 heterocycles. The molecule has 0 atom stereocenters. The first-order valence-electron chi connectivity index (χ1n) is 5.94. The molecule has 0 saturated heterocycles. The Labute approximate surface area is 114 Å². The molecule has 106 valence electrons. The number of methoxy groups -OCH3 is 1. The number of fused-ring (bicyclic) bond motifs is 1. The van der Waals surface area contributed by atoms with Crippen LogP contribution in [0.2, 0.25) is 0 Å².